The van der Waals surface area contributed by atoms with Crippen molar-refractivity contribution < 1.29 is 0 Å². The Morgan fingerprint density at radius 3 is 2.94 bits per heavy atom. The van der Waals surface area contributed by atoms with Crippen molar-refractivity contribution in [1.29, 1.82) is 0 Å². The number of halogens is 1. The molecule has 0 atom stereocenters. The lowest BCUT2D eigenvalue weighted by molar-refractivity contribution is 0.751. The number of thiophene rings is 1. The summed E-state index contributed by atoms with van der Waals surface area (Å²) >= 11 is 7.51. The molecule has 0 bridgehead atoms. The molecule has 3 rings (SSSR count). The van der Waals surface area contributed by atoms with Crippen molar-refractivity contribution in [3.05, 3.63) is 16.7 Å². The van der Waals surface area contributed by atoms with E-state index in [1.165, 1.54) is 25.7 Å². The Morgan fingerprint density at radius 2 is 2.12 bits per heavy atom. The van der Waals surface area contributed by atoms with Gasteiger partial charge in [0.15, 0.2) is 0 Å². The lowest BCUT2D eigenvalue weighted by Gasteiger charge is -2.13. The molecule has 1 aliphatic rings. The number of hydrogen-bond donors (Lipinski definition) is 1. The van der Waals surface area contributed by atoms with Crippen LogP contribution in [-0.4, -0.2) is 16.0 Å². The highest BCUT2D eigenvalue weighted by Gasteiger charge is 2.17. The fourth-order valence-electron chi connectivity index (χ4n) is 2.20. The molecule has 2 aromatic rings. The summed E-state index contributed by atoms with van der Waals surface area (Å²) in [6.07, 6.45) is 5.08. The van der Waals surface area contributed by atoms with E-state index in [0.29, 0.717) is 11.3 Å². The van der Waals surface area contributed by atoms with E-state index in [1.807, 2.05) is 11.4 Å². The summed E-state index contributed by atoms with van der Waals surface area (Å²) in [5.41, 5.74) is 0. The van der Waals surface area contributed by atoms with E-state index >= 15 is 0 Å². The summed E-state index contributed by atoms with van der Waals surface area (Å²) in [6.45, 7) is 0. The lowest BCUT2D eigenvalue weighted by Crippen LogP contribution is -2.15. The van der Waals surface area contributed by atoms with Gasteiger partial charge in [-0.3, -0.25) is 0 Å². The highest BCUT2D eigenvalue weighted by atomic mass is 35.5. The van der Waals surface area contributed by atoms with Crippen LogP contribution in [0.5, 0.6) is 0 Å². The van der Waals surface area contributed by atoms with Crippen molar-refractivity contribution in [1.82, 2.24) is 9.97 Å². The number of nitrogens with one attached hydrogen (secondary N) is 1. The van der Waals surface area contributed by atoms with Gasteiger partial charge in [0.05, 0.1) is 5.39 Å². The summed E-state index contributed by atoms with van der Waals surface area (Å²) in [6, 6.07) is 2.60. The van der Waals surface area contributed by atoms with Gasteiger partial charge < -0.3 is 5.32 Å². The van der Waals surface area contributed by atoms with Crippen LogP contribution in [0.2, 0.25) is 5.28 Å². The van der Waals surface area contributed by atoms with Crippen molar-refractivity contribution in [2.24, 2.45) is 0 Å². The molecule has 0 saturated heterocycles. The molecular weight excluding hydrogens is 242 g/mol. The standard InChI is InChI=1S/C11H12ClN3S/c12-11-14-9(13-7-3-1-2-4-7)8-5-6-16-10(8)15-11/h5-7H,1-4H2,(H,13,14,15). The first-order valence-corrected chi connectivity index (χ1v) is 6.76. The van der Waals surface area contributed by atoms with Gasteiger partial charge >= 0.3 is 0 Å². The third kappa shape index (κ3) is 1.87. The molecule has 16 heavy (non-hydrogen) atoms. The SMILES string of the molecule is Clc1nc(NC2CCCC2)c2ccsc2n1. The van der Waals surface area contributed by atoms with Crippen LogP contribution in [0.1, 0.15) is 25.7 Å². The Labute approximate surface area is 103 Å². The van der Waals surface area contributed by atoms with Gasteiger partial charge in [-0.05, 0) is 35.9 Å². The molecule has 1 N–H and O–H groups in total. The number of aromatic nitrogens is 2. The van der Waals surface area contributed by atoms with E-state index < -0.39 is 0 Å². The van der Waals surface area contributed by atoms with Gasteiger partial charge in [0.2, 0.25) is 5.28 Å². The van der Waals surface area contributed by atoms with Crippen molar-refractivity contribution in [2.75, 3.05) is 5.32 Å². The van der Waals surface area contributed by atoms with Crippen LogP contribution in [0, 0.1) is 0 Å². The van der Waals surface area contributed by atoms with Crippen LogP contribution in [0.25, 0.3) is 10.2 Å². The van der Waals surface area contributed by atoms with Gasteiger partial charge in [-0.1, -0.05) is 12.8 Å². The largest absolute Gasteiger partial charge is 0.367 e. The third-order valence-electron chi connectivity index (χ3n) is 2.99. The number of fused-ring (bicyclic) bond motifs is 1. The second-order valence-electron chi connectivity index (χ2n) is 4.11. The molecule has 1 fully saturated rings. The number of hydrogen-bond acceptors (Lipinski definition) is 4. The Kier molecular flexibility index (Phi) is 2.69. The Bertz CT molecular complexity index is 505. The van der Waals surface area contributed by atoms with E-state index in [9.17, 15) is 0 Å². The Balaban J connectivity index is 1.97. The number of anilines is 1. The maximum Gasteiger partial charge on any atom is 0.225 e. The molecule has 3 nitrogen and oxygen atoms in total. The van der Waals surface area contributed by atoms with E-state index in [0.717, 1.165) is 16.0 Å². The molecule has 0 aromatic carbocycles. The van der Waals surface area contributed by atoms with Crippen molar-refractivity contribution in [3.8, 4) is 0 Å². The summed E-state index contributed by atoms with van der Waals surface area (Å²) in [5, 5.41) is 6.92. The zero-order chi connectivity index (χ0) is 11.0. The lowest BCUT2D eigenvalue weighted by atomic mass is 10.2. The normalized spacial score (nSPS) is 17.1. The molecule has 0 unspecified atom stereocenters. The second kappa shape index (κ2) is 4.18. The number of rotatable bonds is 2. The summed E-state index contributed by atoms with van der Waals surface area (Å²) in [7, 11) is 0. The number of nitrogens with zero attached hydrogens (tertiary/aromatic N) is 2. The second-order valence-corrected chi connectivity index (χ2v) is 5.34. The fourth-order valence-corrected chi connectivity index (χ4v) is 3.19. The van der Waals surface area contributed by atoms with Crippen molar-refractivity contribution in [2.45, 2.75) is 31.7 Å². The molecule has 2 heterocycles. The molecular formula is C11H12ClN3S. The van der Waals surface area contributed by atoms with Crippen LogP contribution in [-0.2, 0) is 0 Å². The van der Waals surface area contributed by atoms with Gasteiger partial charge in [0.1, 0.15) is 10.6 Å². The van der Waals surface area contributed by atoms with Gasteiger partial charge in [-0.25, -0.2) is 9.97 Å². The maximum absolute atomic E-state index is 5.91. The smallest absolute Gasteiger partial charge is 0.225 e. The minimum Gasteiger partial charge on any atom is -0.367 e. The first-order chi connectivity index (χ1) is 7.83. The summed E-state index contributed by atoms with van der Waals surface area (Å²) in [5.74, 6) is 0.892. The molecule has 0 radical (unpaired) electrons. The van der Waals surface area contributed by atoms with Gasteiger partial charge in [-0.15, -0.1) is 11.3 Å². The van der Waals surface area contributed by atoms with Gasteiger partial charge in [0.25, 0.3) is 0 Å². The minimum atomic E-state index is 0.329. The Hall–Kier alpha value is -0.870. The molecule has 84 valence electrons. The first-order valence-electron chi connectivity index (χ1n) is 5.50. The topological polar surface area (TPSA) is 37.8 Å². The third-order valence-corrected chi connectivity index (χ3v) is 3.97. The van der Waals surface area contributed by atoms with Gasteiger partial charge in [-0.2, -0.15) is 0 Å². The van der Waals surface area contributed by atoms with Crippen LogP contribution >= 0.6 is 22.9 Å². The minimum absolute atomic E-state index is 0.329. The van der Waals surface area contributed by atoms with Crippen molar-refractivity contribution >= 4 is 39.0 Å². The molecule has 0 amide bonds. The highest BCUT2D eigenvalue weighted by Crippen LogP contribution is 2.29. The van der Waals surface area contributed by atoms with Crippen LogP contribution in [0.15, 0.2) is 11.4 Å². The summed E-state index contributed by atoms with van der Waals surface area (Å²) in [4.78, 5) is 9.45. The van der Waals surface area contributed by atoms with Crippen LogP contribution < -0.4 is 5.32 Å². The van der Waals surface area contributed by atoms with Crippen LogP contribution in [0.4, 0.5) is 5.82 Å². The van der Waals surface area contributed by atoms with Gasteiger partial charge in [0, 0.05) is 6.04 Å². The maximum atomic E-state index is 5.91. The molecule has 2 aromatic heterocycles. The monoisotopic (exact) mass is 253 g/mol. The average molecular weight is 254 g/mol. The first kappa shape index (κ1) is 10.3. The quantitative estimate of drug-likeness (QED) is 0.830. The average Bonchev–Trinajstić information content (AvgIpc) is 2.87. The highest BCUT2D eigenvalue weighted by molar-refractivity contribution is 7.16. The van der Waals surface area contributed by atoms with E-state index in [-0.39, 0.29) is 0 Å². The molecule has 0 aliphatic heterocycles. The van der Waals surface area contributed by atoms with E-state index in [2.05, 4.69) is 15.3 Å². The zero-order valence-corrected chi connectivity index (χ0v) is 10.3. The predicted octanol–water partition coefficient (Wildman–Crippen LogP) is 3.70. The predicted molar refractivity (Wildman–Crippen MR) is 68.3 cm³/mol. The molecule has 1 aliphatic carbocycles. The Morgan fingerprint density at radius 1 is 1.31 bits per heavy atom. The molecule has 1 saturated carbocycles. The molecule has 5 heteroatoms. The summed E-state index contributed by atoms with van der Waals surface area (Å²) < 4.78 is 0. The van der Waals surface area contributed by atoms with Crippen LogP contribution in [0.3, 0.4) is 0 Å². The van der Waals surface area contributed by atoms with Crippen molar-refractivity contribution in [3.63, 3.8) is 0 Å². The van der Waals surface area contributed by atoms with E-state index in [1.54, 1.807) is 11.3 Å². The zero-order valence-electron chi connectivity index (χ0n) is 8.74. The van der Waals surface area contributed by atoms with E-state index in [4.69, 9.17) is 11.6 Å². The fraction of sp³-hybridized carbons (Fsp3) is 0.455. The molecule has 0 spiro atoms.